The molecule has 0 unspecified atom stereocenters. The van der Waals surface area contributed by atoms with E-state index in [1.54, 1.807) is 24.7 Å². The van der Waals surface area contributed by atoms with Gasteiger partial charge >= 0.3 is 0 Å². The molecular weight excluding hydrogens is 430 g/mol. The number of nitriles is 1. The molecule has 0 aliphatic carbocycles. The molecule has 2 fully saturated rings. The Balaban J connectivity index is 1.28. The monoisotopic (exact) mass is 455 g/mol. The average molecular weight is 456 g/mol. The summed E-state index contributed by atoms with van der Waals surface area (Å²) < 4.78 is 0. The van der Waals surface area contributed by atoms with Gasteiger partial charge in [-0.1, -0.05) is 0 Å². The van der Waals surface area contributed by atoms with Crippen LogP contribution in [0.5, 0.6) is 0 Å². The summed E-state index contributed by atoms with van der Waals surface area (Å²) in [4.78, 5) is 33.8. The number of nitrogens with one attached hydrogen (secondary N) is 2. The lowest BCUT2D eigenvalue weighted by atomic mass is 10.1. The van der Waals surface area contributed by atoms with Crippen molar-refractivity contribution < 1.29 is 4.79 Å². The predicted octanol–water partition coefficient (Wildman–Crippen LogP) is 2.08. The van der Waals surface area contributed by atoms with Crippen molar-refractivity contribution in [2.24, 2.45) is 0 Å². The van der Waals surface area contributed by atoms with Gasteiger partial charge in [-0.05, 0) is 37.1 Å². The average Bonchev–Trinajstić information content (AvgIpc) is 3.40. The molecule has 3 aromatic heterocycles. The number of carbonyl (C=O) groups excluding carboxylic acids is 1. The Kier molecular flexibility index (Phi) is 6.27. The second-order valence-electron chi connectivity index (χ2n) is 8.39. The van der Waals surface area contributed by atoms with E-state index in [2.05, 4.69) is 46.4 Å². The first-order valence-corrected chi connectivity index (χ1v) is 11.4. The van der Waals surface area contributed by atoms with E-state index in [1.807, 2.05) is 18.2 Å². The molecule has 10 heteroatoms. The first-order valence-electron chi connectivity index (χ1n) is 11.4. The highest BCUT2D eigenvalue weighted by Crippen LogP contribution is 2.26. The van der Waals surface area contributed by atoms with Crippen LogP contribution in [0.15, 0.2) is 42.9 Å². The lowest BCUT2D eigenvalue weighted by Crippen LogP contribution is -2.47. The zero-order valence-electron chi connectivity index (χ0n) is 18.7. The summed E-state index contributed by atoms with van der Waals surface area (Å²) in [5, 5.41) is 15.7. The van der Waals surface area contributed by atoms with Gasteiger partial charge in [0.1, 0.15) is 11.9 Å². The Morgan fingerprint density at radius 3 is 2.74 bits per heavy atom. The summed E-state index contributed by atoms with van der Waals surface area (Å²) in [6.07, 6.45) is 7.42. The van der Waals surface area contributed by atoms with E-state index in [9.17, 15) is 10.1 Å². The number of hydrogen-bond donors (Lipinski definition) is 2. The molecule has 2 aliphatic heterocycles. The van der Waals surface area contributed by atoms with Crippen LogP contribution < -0.4 is 15.5 Å². The summed E-state index contributed by atoms with van der Waals surface area (Å²) in [6, 6.07) is 9.76. The van der Waals surface area contributed by atoms with E-state index in [1.165, 1.54) is 0 Å². The minimum Gasteiger partial charge on any atom is -0.356 e. The highest BCUT2D eigenvalue weighted by molar-refractivity contribution is 5.78. The molecule has 2 N–H and O–H groups in total. The quantitative estimate of drug-likeness (QED) is 0.575. The van der Waals surface area contributed by atoms with Gasteiger partial charge in [-0.3, -0.25) is 14.7 Å². The summed E-state index contributed by atoms with van der Waals surface area (Å²) in [6.45, 7) is 4.37. The van der Waals surface area contributed by atoms with Gasteiger partial charge in [0, 0.05) is 50.7 Å². The van der Waals surface area contributed by atoms with Gasteiger partial charge < -0.3 is 15.5 Å². The molecule has 34 heavy (non-hydrogen) atoms. The van der Waals surface area contributed by atoms with E-state index in [4.69, 9.17) is 0 Å². The van der Waals surface area contributed by atoms with Crippen LogP contribution in [0.25, 0.3) is 11.3 Å². The molecule has 1 amide bonds. The van der Waals surface area contributed by atoms with Crippen molar-refractivity contribution in [3.63, 3.8) is 0 Å². The minimum absolute atomic E-state index is 0.0457. The van der Waals surface area contributed by atoms with Gasteiger partial charge in [0.05, 0.1) is 35.4 Å². The van der Waals surface area contributed by atoms with Crippen LogP contribution in [0.3, 0.4) is 0 Å². The summed E-state index contributed by atoms with van der Waals surface area (Å²) in [5.74, 6) is 1.22. The normalized spacial score (nSPS) is 16.2. The maximum atomic E-state index is 11.5. The van der Waals surface area contributed by atoms with E-state index >= 15 is 0 Å². The Morgan fingerprint density at radius 2 is 1.97 bits per heavy atom. The third kappa shape index (κ3) is 4.94. The Bertz CT molecular complexity index is 1220. The molecule has 10 nitrogen and oxygen atoms in total. The van der Waals surface area contributed by atoms with Gasteiger partial charge in [0.15, 0.2) is 0 Å². The molecule has 0 atom stereocenters. The Labute approximate surface area is 197 Å². The number of hydrogen-bond acceptors (Lipinski definition) is 9. The standard InChI is InChI=1S/C24H25N9O/c25-12-17-11-18(13-29-23(17)33-8-1-2-9-33)21-5-6-27-24(31-21)30-19-3-4-20(28-14-19)15-32-10-7-26-22(34)16-32/h3-6,11,13-14H,1-2,7-10,15-16H2,(H,26,34)(H,27,30,31). The molecule has 2 aliphatic rings. The number of piperazine rings is 1. The molecule has 5 heterocycles. The highest BCUT2D eigenvalue weighted by atomic mass is 16.2. The third-order valence-corrected chi connectivity index (χ3v) is 5.93. The maximum Gasteiger partial charge on any atom is 0.234 e. The first-order chi connectivity index (χ1) is 16.7. The molecule has 0 spiro atoms. The lowest BCUT2D eigenvalue weighted by molar-refractivity contribution is -0.124. The van der Waals surface area contributed by atoms with Crippen LogP contribution in [0.1, 0.15) is 24.1 Å². The van der Waals surface area contributed by atoms with E-state index in [0.717, 1.165) is 55.2 Å². The summed E-state index contributed by atoms with van der Waals surface area (Å²) in [5.41, 5.74) is 3.66. The van der Waals surface area contributed by atoms with Crippen LogP contribution in [-0.2, 0) is 11.3 Å². The zero-order valence-corrected chi connectivity index (χ0v) is 18.7. The number of rotatable bonds is 6. The van der Waals surface area contributed by atoms with Crippen molar-refractivity contribution >= 4 is 23.4 Å². The van der Waals surface area contributed by atoms with Crippen molar-refractivity contribution in [2.75, 3.05) is 42.9 Å². The first kappa shape index (κ1) is 21.7. The van der Waals surface area contributed by atoms with Crippen molar-refractivity contribution in [2.45, 2.75) is 19.4 Å². The molecule has 3 aromatic rings. The van der Waals surface area contributed by atoms with Crippen LogP contribution >= 0.6 is 0 Å². The highest BCUT2D eigenvalue weighted by Gasteiger charge is 2.19. The fourth-order valence-electron chi connectivity index (χ4n) is 4.22. The van der Waals surface area contributed by atoms with Gasteiger partial charge in [-0.15, -0.1) is 0 Å². The zero-order chi connectivity index (χ0) is 23.3. The van der Waals surface area contributed by atoms with Gasteiger partial charge in [0.25, 0.3) is 0 Å². The van der Waals surface area contributed by atoms with Crippen LogP contribution in [0.4, 0.5) is 17.5 Å². The molecule has 2 saturated heterocycles. The Morgan fingerprint density at radius 1 is 1.09 bits per heavy atom. The van der Waals surface area contributed by atoms with Crippen LogP contribution in [0, 0.1) is 11.3 Å². The number of aromatic nitrogens is 4. The second-order valence-corrected chi connectivity index (χ2v) is 8.39. The van der Waals surface area contributed by atoms with Gasteiger partial charge in [0.2, 0.25) is 11.9 Å². The van der Waals surface area contributed by atoms with E-state index in [0.29, 0.717) is 36.8 Å². The molecule has 5 rings (SSSR count). The van der Waals surface area contributed by atoms with Crippen molar-refractivity contribution in [3.8, 4) is 17.3 Å². The number of nitrogens with zero attached hydrogens (tertiary/aromatic N) is 7. The van der Waals surface area contributed by atoms with E-state index < -0.39 is 0 Å². The van der Waals surface area contributed by atoms with Crippen molar-refractivity contribution in [1.82, 2.24) is 30.2 Å². The molecule has 0 bridgehead atoms. The smallest absolute Gasteiger partial charge is 0.234 e. The fourth-order valence-corrected chi connectivity index (χ4v) is 4.22. The number of anilines is 3. The molecular formula is C24H25N9O. The molecule has 0 saturated carbocycles. The van der Waals surface area contributed by atoms with Crippen molar-refractivity contribution in [3.05, 3.63) is 54.1 Å². The minimum atomic E-state index is 0.0457. The number of pyridine rings is 2. The second kappa shape index (κ2) is 9.80. The van der Waals surface area contributed by atoms with Gasteiger partial charge in [-0.2, -0.15) is 5.26 Å². The maximum absolute atomic E-state index is 11.5. The third-order valence-electron chi connectivity index (χ3n) is 5.93. The van der Waals surface area contributed by atoms with Crippen molar-refractivity contribution in [1.29, 1.82) is 5.26 Å². The van der Waals surface area contributed by atoms with Crippen LogP contribution in [0.2, 0.25) is 0 Å². The summed E-state index contributed by atoms with van der Waals surface area (Å²) >= 11 is 0. The topological polar surface area (TPSA) is 123 Å². The molecule has 0 aromatic carbocycles. The summed E-state index contributed by atoms with van der Waals surface area (Å²) in [7, 11) is 0. The Hall–Kier alpha value is -4.10. The molecule has 0 radical (unpaired) electrons. The van der Waals surface area contributed by atoms with E-state index in [-0.39, 0.29) is 5.91 Å². The predicted molar refractivity (Wildman–Crippen MR) is 127 cm³/mol. The number of amides is 1. The lowest BCUT2D eigenvalue weighted by Gasteiger charge is -2.25. The molecule has 172 valence electrons. The number of carbonyl (C=O) groups is 1. The SMILES string of the molecule is N#Cc1cc(-c2ccnc(Nc3ccc(CN4CCNC(=O)C4)nc3)n2)cnc1N1CCCC1. The fraction of sp³-hybridized carbons (Fsp3) is 0.333. The van der Waals surface area contributed by atoms with Gasteiger partial charge in [-0.25, -0.2) is 15.0 Å². The van der Waals surface area contributed by atoms with Crippen LogP contribution in [-0.4, -0.2) is 63.5 Å². The largest absolute Gasteiger partial charge is 0.356 e.